The molecule has 2 N–H and O–H groups in total. The van der Waals surface area contributed by atoms with Crippen molar-refractivity contribution in [2.24, 2.45) is 0 Å². The van der Waals surface area contributed by atoms with Gasteiger partial charge in [-0.2, -0.15) is 0 Å². The topological polar surface area (TPSA) is 71.2 Å². The summed E-state index contributed by atoms with van der Waals surface area (Å²) >= 11 is 4.44. The van der Waals surface area contributed by atoms with Crippen molar-refractivity contribution in [3.05, 3.63) is 47.5 Å². The van der Waals surface area contributed by atoms with Crippen LogP contribution in [0.3, 0.4) is 0 Å². The minimum absolute atomic E-state index is 0.0100. The minimum atomic E-state index is -0.0730. The average molecular weight is 327 g/mol. The van der Waals surface area contributed by atoms with Crippen molar-refractivity contribution in [1.82, 2.24) is 15.0 Å². The van der Waals surface area contributed by atoms with Crippen molar-refractivity contribution in [3.63, 3.8) is 0 Å². The van der Waals surface area contributed by atoms with Crippen LogP contribution in [0.15, 0.2) is 41.4 Å². The predicted octanol–water partition coefficient (Wildman–Crippen LogP) is 3.51. The maximum atomic E-state index is 10.1. The van der Waals surface area contributed by atoms with Crippen LogP contribution in [-0.4, -0.2) is 25.2 Å². The molecule has 0 fully saturated rings. The van der Waals surface area contributed by atoms with Gasteiger partial charge >= 0.3 is 0 Å². The van der Waals surface area contributed by atoms with Gasteiger partial charge < -0.3 is 10.2 Å². The molecule has 0 amide bonds. The van der Waals surface area contributed by atoms with E-state index in [0.29, 0.717) is 10.7 Å². The second kappa shape index (κ2) is 5.96. The Balaban J connectivity index is 2.29. The van der Waals surface area contributed by atoms with Gasteiger partial charge in [0.25, 0.3) is 0 Å². The molecule has 0 radical (unpaired) electrons. The van der Waals surface area contributed by atoms with Crippen molar-refractivity contribution < 1.29 is 10.2 Å². The third-order valence-electron chi connectivity index (χ3n) is 3.82. The molecular formula is C17H17N3O2S. The van der Waals surface area contributed by atoms with E-state index >= 15 is 0 Å². The van der Waals surface area contributed by atoms with Crippen LogP contribution < -0.4 is 0 Å². The minimum Gasteiger partial charge on any atom is -0.508 e. The van der Waals surface area contributed by atoms with Crippen LogP contribution in [0.2, 0.25) is 0 Å². The molecule has 0 aliphatic carbocycles. The molecule has 0 saturated heterocycles. The number of aromatic hydroxyl groups is 2. The Kier molecular flexibility index (Phi) is 4.00. The third-order valence-corrected chi connectivity index (χ3v) is 4.12. The highest BCUT2D eigenvalue weighted by molar-refractivity contribution is 7.80. The maximum absolute atomic E-state index is 10.1. The fourth-order valence-electron chi connectivity index (χ4n) is 2.71. The van der Waals surface area contributed by atoms with E-state index in [-0.39, 0.29) is 11.5 Å². The molecule has 1 heterocycles. The number of hydrogen-bond donors (Lipinski definition) is 3. The number of phenols is 2. The van der Waals surface area contributed by atoms with Gasteiger partial charge in [-0.1, -0.05) is 30.3 Å². The highest BCUT2D eigenvalue weighted by Crippen LogP contribution is 2.35. The standard InChI is InChI=1S/C17H17N3O2S/c1-3-11-6-4-5-10(2)15(11)16-17(23)18-19-20(16)13-8-7-12(21)9-14(13)22/h4-9,21-23H,3H2,1-2H3. The highest BCUT2D eigenvalue weighted by Gasteiger charge is 2.20. The van der Waals surface area contributed by atoms with E-state index in [2.05, 4.69) is 35.9 Å². The Morgan fingerprint density at radius 2 is 1.96 bits per heavy atom. The second-order valence-corrected chi connectivity index (χ2v) is 5.73. The molecule has 0 aliphatic heterocycles. The van der Waals surface area contributed by atoms with Crippen molar-refractivity contribution in [2.75, 3.05) is 0 Å². The summed E-state index contributed by atoms with van der Waals surface area (Å²) in [5, 5.41) is 28.3. The molecule has 23 heavy (non-hydrogen) atoms. The monoisotopic (exact) mass is 327 g/mol. The lowest BCUT2D eigenvalue weighted by molar-refractivity contribution is 0.447. The Labute approximate surface area is 139 Å². The molecule has 0 unspecified atom stereocenters. The lowest BCUT2D eigenvalue weighted by Crippen LogP contribution is -2.03. The SMILES string of the molecule is CCc1cccc(C)c1-c1c(S)nnn1-c1ccc(O)cc1O. The Morgan fingerprint density at radius 1 is 1.17 bits per heavy atom. The van der Waals surface area contributed by atoms with E-state index in [1.54, 1.807) is 10.7 Å². The van der Waals surface area contributed by atoms with Crippen LogP contribution in [0.1, 0.15) is 18.1 Å². The van der Waals surface area contributed by atoms with Gasteiger partial charge in [-0.05, 0) is 36.6 Å². The molecular weight excluding hydrogens is 310 g/mol. The molecule has 0 bridgehead atoms. The van der Waals surface area contributed by atoms with Gasteiger partial charge in [0, 0.05) is 11.6 Å². The van der Waals surface area contributed by atoms with E-state index < -0.39 is 0 Å². The summed E-state index contributed by atoms with van der Waals surface area (Å²) in [5.74, 6) is -0.0831. The number of aryl methyl sites for hydroxylation is 2. The molecule has 0 saturated carbocycles. The van der Waals surface area contributed by atoms with E-state index in [9.17, 15) is 10.2 Å². The number of thiol groups is 1. The highest BCUT2D eigenvalue weighted by atomic mass is 32.1. The first kappa shape index (κ1) is 15.4. The molecule has 6 heteroatoms. The van der Waals surface area contributed by atoms with E-state index in [0.717, 1.165) is 28.8 Å². The number of hydrogen-bond acceptors (Lipinski definition) is 5. The number of nitrogens with zero attached hydrogens (tertiary/aromatic N) is 3. The second-order valence-electron chi connectivity index (χ2n) is 5.31. The number of phenolic OH excluding ortho intramolecular Hbond substituents is 2. The van der Waals surface area contributed by atoms with Crippen molar-refractivity contribution in [2.45, 2.75) is 25.3 Å². The first-order chi connectivity index (χ1) is 11.0. The van der Waals surface area contributed by atoms with Gasteiger partial charge in [0.1, 0.15) is 27.9 Å². The number of aromatic nitrogens is 3. The van der Waals surface area contributed by atoms with Gasteiger partial charge in [-0.15, -0.1) is 17.7 Å². The third kappa shape index (κ3) is 2.66. The zero-order valence-corrected chi connectivity index (χ0v) is 13.7. The molecule has 0 atom stereocenters. The largest absolute Gasteiger partial charge is 0.508 e. The predicted molar refractivity (Wildman–Crippen MR) is 91.5 cm³/mol. The quantitative estimate of drug-likeness (QED) is 0.644. The summed E-state index contributed by atoms with van der Waals surface area (Å²) in [5.41, 5.74) is 4.42. The Hall–Kier alpha value is -2.47. The molecule has 2 aromatic carbocycles. The van der Waals surface area contributed by atoms with Crippen LogP contribution in [0.4, 0.5) is 0 Å². The van der Waals surface area contributed by atoms with E-state index in [4.69, 9.17) is 0 Å². The van der Waals surface area contributed by atoms with Crippen LogP contribution in [0.5, 0.6) is 11.5 Å². The van der Waals surface area contributed by atoms with Gasteiger partial charge in [0.05, 0.1) is 0 Å². The average Bonchev–Trinajstić information content (AvgIpc) is 2.88. The number of benzene rings is 2. The molecule has 0 spiro atoms. The van der Waals surface area contributed by atoms with Crippen LogP contribution in [0, 0.1) is 6.92 Å². The molecule has 0 aliphatic rings. The fourth-order valence-corrected chi connectivity index (χ4v) is 2.96. The maximum Gasteiger partial charge on any atom is 0.145 e. The summed E-state index contributed by atoms with van der Waals surface area (Å²) in [6.45, 7) is 4.11. The lowest BCUT2D eigenvalue weighted by atomic mass is 9.97. The molecule has 1 aromatic heterocycles. The van der Waals surface area contributed by atoms with Gasteiger partial charge in [-0.3, -0.25) is 0 Å². The van der Waals surface area contributed by atoms with E-state index in [1.165, 1.54) is 12.1 Å². The zero-order chi connectivity index (χ0) is 16.6. The first-order valence-electron chi connectivity index (χ1n) is 7.28. The summed E-state index contributed by atoms with van der Waals surface area (Å²) in [7, 11) is 0. The van der Waals surface area contributed by atoms with E-state index in [1.807, 2.05) is 19.1 Å². The Morgan fingerprint density at radius 3 is 2.65 bits per heavy atom. The van der Waals surface area contributed by atoms with Crippen LogP contribution >= 0.6 is 12.6 Å². The van der Waals surface area contributed by atoms with Gasteiger partial charge in [0.2, 0.25) is 0 Å². The Bertz CT molecular complexity index is 874. The molecule has 3 aromatic rings. The summed E-state index contributed by atoms with van der Waals surface area (Å²) in [4.78, 5) is 0. The summed E-state index contributed by atoms with van der Waals surface area (Å²) in [6, 6.07) is 10.5. The van der Waals surface area contributed by atoms with Gasteiger partial charge in [0.15, 0.2) is 0 Å². The number of rotatable bonds is 3. The zero-order valence-electron chi connectivity index (χ0n) is 12.9. The van der Waals surface area contributed by atoms with Crippen molar-refractivity contribution >= 4 is 12.6 Å². The van der Waals surface area contributed by atoms with Crippen molar-refractivity contribution in [3.8, 4) is 28.4 Å². The summed E-state index contributed by atoms with van der Waals surface area (Å²) in [6.07, 6.45) is 0.858. The molecule has 5 nitrogen and oxygen atoms in total. The molecule has 3 rings (SSSR count). The lowest BCUT2D eigenvalue weighted by Gasteiger charge is -2.14. The van der Waals surface area contributed by atoms with Crippen LogP contribution in [-0.2, 0) is 6.42 Å². The van der Waals surface area contributed by atoms with Gasteiger partial charge in [-0.25, -0.2) is 4.68 Å². The first-order valence-corrected chi connectivity index (χ1v) is 7.73. The van der Waals surface area contributed by atoms with Crippen molar-refractivity contribution in [1.29, 1.82) is 0 Å². The molecule has 118 valence electrons. The van der Waals surface area contributed by atoms with Crippen LogP contribution in [0.25, 0.3) is 16.9 Å². The fraction of sp³-hybridized carbons (Fsp3) is 0.176. The smallest absolute Gasteiger partial charge is 0.145 e. The normalized spacial score (nSPS) is 10.9. The summed E-state index contributed by atoms with van der Waals surface area (Å²) < 4.78 is 1.55.